The van der Waals surface area contributed by atoms with Crippen molar-refractivity contribution in [3.05, 3.63) is 53.0 Å². The quantitative estimate of drug-likeness (QED) is 0.898. The van der Waals surface area contributed by atoms with E-state index in [-0.39, 0.29) is 29.3 Å². The number of hydrogen-bond donors (Lipinski definition) is 2. The number of hydrogen-bond acceptors (Lipinski definition) is 3. The van der Waals surface area contributed by atoms with Crippen LogP contribution in [0.25, 0.3) is 0 Å². The monoisotopic (exact) mass is 299 g/mol. The fraction of sp³-hybridized carbons (Fsp3) is 0.214. The molecule has 0 radical (unpaired) electrons. The number of alkyl halides is 3. The number of nitrogens with one attached hydrogen (secondary N) is 1. The van der Waals surface area contributed by atoms with Gasteiger partial charge in [-0.2, -0.15) is 13.2 Å². The van der Waals surface area contributed by atoms with Crippen molar-refractivity contribution in [2.24, 2.45) is 0 Å². The molecule has 0 saturated carbocycles. The molecule has 1 aromatic heterocycles. The van der Waals surface area contributed by atoms with Gasteiger partial charge < -0.3 is 14.8 Å². The molecule has 0 aliphatic rings. The zero-order chi connectivity index (χ0) is 15.6. The first kappa shape index (κ1) is 15.0. The number of para-hydroxylation sites is 1. The van der Waals surface area contributed by atoms with E-state index >= 15 is 0 Å². The van der Waals surface area contributed by atoms with Crippen molar-refractivity contribution in [2.45, 2.75) is 19.6 Å². The molecular weight excluding hydrogens is 287 g/mol. The lowest BCUT2D eigenvalue weighted by Crippen LogP contribution is -2.10. The summed E-state index contributed by atoms with van der Waals surface area (Å²) in [5, 5.41) is 11.5. The largest absolute Gasteiger partial charge is 0.478 e. The average molecular weight is 299 g/mol. The van der Waals surface area contributed by atoms with Crippen LogP contribution in [0.1, 0.15) is 27.4 Å². The number of halogens is 3. The van der Waals surface area contributed by atoms with Gasteiger partial charge in [-0.1, -0.05) is 12.1 Å². The van der Waals surface area contributed by atoms with Crippen LogP contribution in [0.15, 0.2) is 34.7 Å². The third-order valence-corrected chi connectivity index (χ3v) is 2.88. The van der Waals surface area contributed by atoms with Crippen molar-refractivity contribution < 1.29 is 27.5 Å². The van der Waals surface area contributed by atoms with Gasteiger partial charge in [-0.3, -0.25) is 0 Å². The second-order valence-corrected chi connectivity index (χ2v) is 4.38. The Morgan fingerprint density at radius 1 is 1.33 bits per heavy atom. The first-order chi connectivity index (χ1) is 9.79. The molecule has 0 saturated heterocycles. The second kappa shape index (κ2) is 5.51. The SMILES string of the molecule is Cc1oc(CNc2ccccc2C(F)(F)F)cc1C(=O)O. The molecule has 0 bridgehead atoms. The maximum Gasteiger partial charge on any atom is 0.418 e. The van der Waals surface area contributed by atoms with Gasteiger partial charge in [0.25, 0.3) is 0 Å². The van der Waals surface area contributed by atoms with Gasteiger partial charge >= 0.3 is 12.1 Å². The first-order valence-corrected chi connectivity index (χ1v) is 6.01. The van der Waals surface area contributed by atoms with Crippen LogP contribution in [0.5, 0.6) is 0 Å². The fourth-order valence-electron chi connectivity index (χ4n) is 1.91. The van der Waals surface area contributed by atoms with Gasteiger partial charge in [0.1, 0.15) is 17.1 Å². The average Bonchev–Trinajstić information content (AvgIpc) is 2.77. The third kappa shape index (κ3) is 3.36. The van der Waals surface area contributed by atoms with Gasteiger partial charge in [0.2, 0.25) is 0 Å². The van der Waals surface area contributed by atoms with Crippen LogP contribution in [0.2, 0.25) is 0 Å². The summed E-state index contributed by atoms with van der Waals surface area (Å²) in [7, 11) is 0. The molecule has 2 N–H and O–H groups in total. The van der Waals surface area contributed by atoms with Crippen LogP contribution in [-0.4, -0.2) is 11.1 Å². The molecule has 4 nitrogen and oxygen atoms in total. The van der Waals surface area contributed by atoms with E-state index in [1.54, 1.807) is 0 Å². The summed E-state index contributed by atoms with van der Waals surface area (Å²) >= 11 is 0. The summed E-state index contributed by atoms with van der Waals surface area (Å²) in [6.07, 6.45) is -4.46. The lowest BCUT2D eigenvalue weighted by atomic mass is 10.1. The van der Waals surface area contributed by atoms with Gasteiger partial charge in [0, 0.05) is 5.69 Å². The molecule has 0 aliphatic carbocycles. The third-order valence-electron chi connectivity index (χ3n) is 2.88. The number of carboxylic acid groups (broad SMARTS) is 1. The van der Waals surface area contributed by atoms with Crippen LogP contribution in [0, 0.1) is 6.92 Å². The van der Waals surface area contributed by atoms with E-state index in [0.29, 0.717) is 0 Å². The van der Waals surface area contributed by atoms with Gasteiger partial charge in [-0.15, -0.1) is 0 Å². The molecule has 0 spiro atoms. The number of aromatic carboxylic acids is 1. The van der Waals surface area contributed by atoms with Crippen LogP contribution in [0.3, 0.4) is 0 Å². The number of rotatable bonds is 4. The Balaban J connectivity index is 2.18. The molecule has 0 amide bonds. The maximum absolute atomic E-state index is 12.8. The molecule has 1 aromatic carbocycles. The minimum atomic E-state index is -4.46. The molecule has 0 aliphatic heterocycles. The Labute approximate surface area is 118 Å². The van der Waals surface area contributed by atoms with E-state index in [1.165, 1.54) is 31.2 Å². The van der Waals surface area contributed by atoms with Crippen molar-refractivity contribution in [1.82, 2.24) is 0 Å². The molecule has 0 atom stereocenters. The molecule has 0 fully saturated rings. The number of carbonyl (C=O) groups is 1. The highest BCUT2D eigenvalue weighted by Crippen LogP contribution is 2.34. The van der Waals surface area contributed by atoms with E-state index in [9.17, 15) is 18.0 Å². The summed E-state index contributed by atoms with van der Waals surface area (Å²) in [5.41, 5.74) is -0.876. The van der Waals surface area contributed by atoms with E-state index in [2.05, 4.69) is 5.32 Å². The van der Waals surface area contributed by atoms with Gasteiger partial charge in [-0.05, 0) is 25.1 Å². The van der Waals surface area contributed by atoms with E-state index in [0.717, 1.165) is 6.07 Å². The summed E-state index contributed by atoms with van der Waals surface area (Å²) in [5.74, 6) is -0.677. The Morgan fingerprint density at radius 2 is 2.00 bits per heavy atom. The molecule has 1 heterocycles. The number of aryl methyl sites for hydroxylation is 1. The van der Waals surface area contributed by atoms with Crippen molar-refractivity contribution in [2.75, 3.05) is 5.32 Å². The van der Waals surface area contributed by atoms with Gasteiger partial charge in [0.05, 0.1) is 12.1 Å². The zero-order valence-corrected chi connectivity index (χ0v) is 11.0. The molecule has 21 heavy (non-hydrogen) atoms. The van der Waals surface area contributed by atoms with E-state index in [1.807, 2.05) is 0 Å². The second-order valence-electron chi connectivity index (χ2n) is 4.38. The highest BCUT2D eigenvalue weighted by atomic mass is 19.4. The number of anilines is 1. The summed E-state index contributed by atoms with van der Waals surface area (Å²) in [4.78, 5) is 10.9. The number of furan rings is 1. The topological polar surface area (TPSA) is 62.5 Å². The first-order valence-electron chi connectivity index (χ1n) is 6.01. The lowest BCUT2D eigenvalue weighted by Gasteiger charge is -2.13. The molecule has 7 heteroatoms. The highest BCUT2D eigenvalue weighted by molar-refractivity contribution is 5.88. The standard InChI is InChI=1S/C14H12F3NO3/c1-8-10(13(19)20)6-9(21-8)7-18-12-5-3-2-4-11(12)14(15,16)17/h2-6,18H,7H2,1H3,(H,19,20). The number of carboxylic acids is 1. The highest BCUT2D eigenvalue weighted by Gasteiger charge is 2.33. The summed E-state index contributed by atoms with van der Waals surface area (Å²) < 4.78 is 43.6. The molecule has 112 valence electrons. The predicted molar refractivity (Wildman–Crippen MR) is 69.2 cm³/mol. The fourth-order valence-corrected chi connectivity index (χ4v) is 1.91. The Hall–Kier alpha value is -2.44. The Bertz CT molecular complexity index is 662. The smallest absolute Gasteiger partial charge is 0.418 e. The zero-order valence-electron chi connectivity index (χ0n) is 11.0. The van der Waals surface area contributed by atoms with Crippen LogP contribution < -0.4 is 5.32 Å². The summed E-state index contributed by atoms with van der Waals surface area (Å²) in [6, 6.07) is 6.34. The summed E-state index contributed by atoms with van der Waals surface area (Å²) in [6.45, 7) is 1.44. The molecule has 0 unspecified atom stereocenters. The minimum absolute atomic E-state index is 0.00379. The van der Waals surface area contributed by atoms with Crippen molar-refractivity contribution in [1.29, 1.82) is 0 Å². The number of benzene rings is 1. The Kier molecular flexibility index (Phi) is 3.93. The van der Waals surface area contributed by atoms with E-state index < -0.39 is 17.7 Å². The maximum atomic E-state index is 12.8. The normalized spacial score (nSPS) is 11.4. The molecular formula is C14H12F3NO3. The van der Waals surface area contributed by atoms with Crippen LogP contribution >= 0.6 is 0 Å². The molecule has 2 rings (SSSR count). The van der Waals surface area contributed by atoms with Crippen molar-refractivity contribution in [3.8, 4) is 0 Å². The molecule has 2 aromatic rings. The predicted octanol–water partition coefficient (Wildman–Crippen LogP) is 3.92. The van der Waals surface area contributed by atoms with Gasteiger partial charge in [0.15, 0.2) is 0 Å². The Morgan fingerprint density at radius 3 is 2.57 bits per heavy atom. The minimum Gasteiger partial charge on any atom is -0.478 e. The van der Waals surface area contributed by atoms with Crippen molar-refractivity contribution >= 4 is 11.7 Å². The van der Waals surface area contributed by atoms with Gasteiger partial charge in [-0.25, -0.2) is 4.79 Å². The van der Waals surface area contributed by atoms with Crippen LogP contribution in [-0.2, 0) is 12.7 Å². The lowest BCUT2D eigenvalue weighted by molar-refractivity contribution is -0.137. The van der Waals surface area contributed by atoms with Crippen molar-refractivity contribution in [3.63, 3.8) is 0 Å². The van der Waals surface area contributed by atoms with Crippen LogP contribution in [0.4, 0.5) is 18.9 Å². The van der Waals surface area contributed by atoms with E-state index in [4.69, 9.17) is 9.52 Å².